The van der Waals surface area contributed by atoms with Crippen LogP contribution < -0.4 is 0 Å². The lowest BCUT2D eigenvalue weighted by atomic mass is 9.85. The molecule has 2 aliphatic rings. The zero-order valence-electron chi connectivity index (χ0n) is 16.7. The molecular weight excluding hydrogens is 364 g/mol. The number of thiazole rings is 1. The Morgan fingerprint density at radius 1 is 1.30 bits per heavy atom. The van der Waals surface area contributed by atoms with E-state index in [1.807, 2.05) is 31.9 Å². The van der Waals surface area contributed by atoms with Gasteiger partial charge in [-0.25, -0.2) is 9.78 Å². The lowest BCUT2D eigenvalue weighted by Crippen LogP contribution is -2.43. The van der Waals surface area contributed by atoms with Crippen LogP contribution in [0.2, 0.25) is 0 Å². The van der Waals surface area contributed by atoms with E-state index in [1.54, 1.807) is 11.3 Å². The second kappa shape index (κ2) is 8.17. The van der Waals surface area contributed by atoms with E-state index in [9.17, 15) is 9.59 Å². The normalized spacial score (nSPS) is 25.2. The van der Waals surface area contributed by atoms with Crippen LogP contribution in [-0.2, 0) is 20.7 Å². The van der Waals surface area contributed by atoms with E-state index in [4.69, 9.17) is 9.47 Å². The maximum atomic E-state index is 13.0. The summed E-state index contributed by atoms with van der Waals surface area (Å²) < 4.78 is 10.4. The summed E-state index contributed by atoms with van der Waals surface area (Å²) in [4.78, 5) is 32.0. The zero-order valence-corrected chi connectivity index (χ0v) is 17.5. The molecule has 0 N–H and O–H groups in total. The maximum absolute atomic E-state index is 13.0. The number of aryl methyl sites for hydroxylation is 1. The number of carbonyl (C=O) groups excluding carboxylic acids is 2. The van der Waals surface area contributed by atoms with Gasteiger partial charge in [-0.05, 0) is 52.4 Å². The molecule has 27 heavy (non-hydrogen) atoms. The third-order valence-electron chi connectivity index (χ3n) is 5.35. The van der Waals surface area contributed by atoms with Crippen molar-refractivity contribution < 1.29 is 19.1 Å². The molecule has 1 aromatic rings. The Labute approximate surface area is 165 Å². The monoisotopic (exact) mass is 394 g/mol. The van der Waals surface area contributed by atoms with Crippen LogP contribution >= 0.6 is 11.3 Å². The summed E-state index contributed by atoms with van der Waals surface area (Å²) in [7, 11) is 1.40. The maximum Gasteiger partial charge on any atom is 0.411 e. The minimum absolute atomic E-state index is 0.0233. The second-order valence-corrected chi connectivity index (χ2v) is 9.64. The van der Waals surface area contributed by atoms with E-state index in [0.29, 0.717) is 18.8 Å². The molecule has 1 aromatic heterocycles. The minimum Gasteiger partial charge on any atom is -0.469 e. The van der Waals surface area contributed by atoms with Gasteiger partial charge in [-0.2, -0.15) is 0 Å². The summed E-state index contributed by atoms with van der Waals surface area (Å²) >= 11 is 1.60. The first-order valence-corrected chi connectivity index (χ1v) is 10.6. The highest BCUT2D eigenvalue weighted by Gasteiger charge is 2.47. The molecule has 0 spiro atoms. The van der Waals surface area contributed by atoms with Crippen molar-refractivity contribution in [3.63, 3.8) is 0 Å². The summed E-state index contributed by atoms with van der Waals surface area (Å²) in [6.45, 7) is 5.72. The number of hydrogen-bond acceptors (Lipinski definition) is 6. The Morgan fingerprint density at radius 2 is 2.04 bits per heavy atom. The molecule has 7 heteroatoms. The predicted octanol–water partition coefficient (Wildman–Crippen LogP) is 4.49. The molecule has 1 aliphatic carbocycles. The highest BCUT2D eigenvalue weighted by Crippen LogP contribution is 2.47. The van der Waals surface area contributed by atoms with Crippen LogP contribution in [0.15, 0.2) is 6.20 Å². The molecule has 2 heterocycles. The number of methoxy groups -OCH3 is 1. The Balaban J connectivity index is 1.78. The first kappa shape index (κ1) is 20.1. The van der Waals surface area contributed by atoms with E-state index in [1.165, 1.54) is 20.0 Å². The van der Waals surface area contributed by atoms with Gasteiger partial charge in [0.05, 0.1) is 19.6 Å². The summed E-state index contributed by atoms with van der Waals surface area (Å²) in [6.07, 6.45) is 8.13. The summed E-state index contributed by atoms with van der Waals surface area (Å²) in [5.41, 5.74) is -0.511. The van der Waals surface area contributed by atoms with Gasteiger partial charge < -0.3 is 9.47 Å². The van der Waals surface area contributed by atoms with Crippen LogP contribution in [0.4, 0.5) is 4.79 Å². The fourth-order valence-corrected chi connectivity index (χ4v) is 5.21. The molecule has 0 bridgehead atoms. The third-order valence-corrected chi connectivity index (χ3v) is 6.51. The Morgan fingerprint density at radius 3 is 2.74 bits per heavy atom. The highest BCUT2D eigenvalue weighted by atomic mass is 32.1. The van der Waals surface area contributed by atoms with Gasteiger partial charge in [-0.3, -0.25) is 9.69 Å². The first-order chi connectivity index (χ1) is 12.8. The standard InChI is InChI=1S/C20H30N2O4S/c1-20(2,3)26-19(24)22-15-8-6-5-7-13(15)11-16(22)18-21-12-14(27-18)9-10-17(23)25-4/h12-13,15-16H,5-11H2,1-4H3/t13?,15?,16-/m0/s1. The number of nitrogens with zero attached hydrogens (tertiary/aromatic N) is 2. The van der Waals surface area contributed by atoms with E-state index in [-0.39, 0.29) is 24.1 Å². The average molecular weight is 395 g/mol. The fourth-order valence-electron chi connectivity index (χ4n) is 4.18. The van der Waals surface area contributed by atoms with Gasteiger partial charge >= 0.3 is 12.1 Å². The summed E-state index contributed by atoms with van der Waals surface area (Å²) in [5, 5.41) is 0.954. The molecule has 1 amide bonds. The average Bonchev–Trinajstić information content (AvgIpc) is 3.22. The van der Waals surface area contributed by atoms with Gasteiger partial charge in [-0.1, -0.05) is 12.8 Å². The molecular formula is C20H30N2O4S. The minimum atomic E-state index is -0.511. The van der Waals surface area contributed by atoms with Crippen LogP contribution in [0.1, 0.15) is 75.2 Å². The summed E-state index contributed by atoms with van der Waals surface area (Å²) in [6, 6.07) is 0.228. The zero-order chi connectivity index (χ0) is 19.6. The van der Waals surface area contributed by atoms with Gasteiger partial charge in [0.15, 0.2) is 0 Å². The number of rotatable bonds is 4. The molecule has 1 saturated carbocycles. The molecule has 3 rings (SSSR count). The highest BCUT2D eigenvalue weighted by molar-refractivity contribution is 7.11. The smallest absolute Gasteiger partial charge is 0.411 e. The number of hydrogen-bond donors (Lipinski definition) is 0. The lowest BCUT2D eigenvalue weighted by molar-refractivity contribution is -0.140. The molecule has 0 radical (unpaired) electrons. The molecule has 3 atom stereocenters. The van der Waals surface area contributed by atoms with Crippen molar-refractivity contribution in [1.29, 1.82) is 0 Å². The van der Waals surface area contributed by atoms with Crippen LogP contribution in [-0.4, -0.2) is 40.7 Å². The van der Waals surface area contributed by atoms with Crippen molar-refractivity contribution in [2.45, 2.75) is 83.4 Å². The summed E-state index contributed by atoms with van der Waals surface area (Å²) in [5.74, 6) is 0.311. The molecule has 1 aliphatic heterocycles. The molecule has 150 valence electrons. The van der Waals surface area contributed by atoms with E-state index in [0.717, 1.165) is 29.1 Å². The van der Waals surface area contributed by atoms with Gasteiger partial charge in [0.1, 0.15) is 10.6 Å². The second-order valence-electron chi connectivity index (χ2n) is 8.49. The van der Waals surface area contributed by atoms with Crippen LogP contribution in [0.25, 0.3) is 0 Å². The van der Waals surface area contributed by atoms with Gasteiger partial charge in [-0.15, -0.1) is 11.3 Å². The number of likely N-dealkylation sites (tertiary alicyclic amines) is 1. The Kier molecular flexibility index (Phi) is 6.08. The first-order valence-electron chi connectivity index (χ1n) is 9.81. The van der Waals surface area contributed by atoms with Crippen molar-refractivity contribution in [2.75, 3.05) is 7.11 Å². The Bertz CT molecular complexity index is 682. The van der Waals surface area contributed by atoms with Crippen LogP contribution in [0.3, 0.4) is 0 Å². The third kappa shape index (κ3) is 4.81. The predicted molar refractivity (Wildman–Crippen MR) is 104 cm³/mol. The fraction of sp³-hybridized carbons (Fsp3) is 0.750. The molecule has 0 aromatic carbocycles. The number of ether oxygens (including phenoxy) is 2. The van der Waals surface area contributed by atoms with E-state index < -0.39 is 5.60 Å². The molecule has 1 saturated heterocycles. The molecule has 6 nitrogen and oxygen atoms in total. The number of aromatic nitrogens is 1. The number of esters is 1. The number of fused-ring (bicyclic) bond motifs is 1. The van der Waals surface area contributed by atoms with Gasteiger partial charge in [0.2, 0.25) is 0 Å². The number of amides is 1. The van der Waals surface area contributed by atoms with Crippen molar-refractivity contribution >= 4 is 23.4 Å². The Hall–Kier alpha value is -1.63. The van der Waals surface area contributed by atoms with Gasteiger partial charge in [0, 0.05) is 17.1 Å². The van der Waals surface area contributed by atoms with Gasteiger partial charge in [0.25, 0.3) is 0 Å². The molecule has 2 unspecified atom stereocenters. The largest absolute Gasteiger partial charge is 0.469 e. The van der Waals surface area contributed by atoms with Crippen molar-refractivity contribution in [3.05, 3.63) is 16.1 Å². The molecule has 2 fully saturated rings. The van der Waals surface area contributed by atoms with E-state index in [2.05, 4.69) is 4.98 Å². The topological polar surface area (TPSA) is 68.7 Å². The van der Waals surface area contributed by atoms with E-state index >= 15 is 0 Å². The lowest BCUT2D eigenvalue weighted by Gasteiger charge is -2.34. The SMILES string of the molecule is COC(=O)CCc1cnc([C@@H]2CC3CCCCC3N2C(=O)OC(C)(C)C)s1. The van der Waals surface area contributed by atoms with Crippen LogP contribution in [0, 0.1) is 5.92 Å². The number of carbonyl (C=O) groups is 2. The van der Waals surface area contributed by atoms with Crippen LogP contribution in [0.5, 0.6) is 0 Å². The van der Waals surface area contributed by atoms with Crippen molar-refractivity contribution in [1.82, 2.24) is 9.88 Å². The van der Waals surface area contributed by atoms with Crippen molar-refractivity contribution in [2.24, 2.45) is 5.92 Å². The van der Waals surface area contributed by atoms with Crippen molar-refractivity contribution in [3.8, 4) is 0 Å². The quantitative estimate of drug-likeness (QED) is 0.704.